The summed E-state index contributed by atoms with van der Waals surface area (Å²) in [5.41, 5.74) is 1.68. The lowest BCUT2D eigenvalue weighted by Gasteiger charge is -1.93. The Kier molecular flexibility index (Phi) is 6.03. The van der Waals surface area contributed by atoms with Crippen molar-refractivity contribution in [3.8, 4) is 0 Å². The van der Waals surface area contributed by atoms with Crippen LogP contribution in [0, 0.1) is 0 Å². The molecule has 1 aromatic rings. The van der Waals surface area contributed by atoms with Crippen LogP contribution in [0.2, 0.25) is 0 Å². The third kappa shape index (κ3) is 4.07. The fraction of sp³-hybridized carbons (Fsp3) is 0.125. The molecule has 0 saturated carbocycles. The fourth-order valence-electron chi connectivity index (χ4n) is 1.47. The number of allylic oxidation sites excluding steroid dienone is 10. The molecule has 0 N–H and O–H groups in total. The van der Waals surface area contributed by atoms with Gasteiger partial charge in [-0.15, -0.1) is 0 Å². The van der Waals surface area contributed by atoms with Crippen molar-refractivity contribution in [2.24, 2.45) is 0 Å². The third-order valence-electron chi connectivity index (χ3n) is 2.22. The van der Waals surface area contributed by atoms with Crippen molar-refractivity contribution in [2.45, 2.75) is 13.8 Å². The number of hydrogen-bond donors (Lipinski definition) is 0. The summed E-state index contributed by atoms with van der Waals surface area (Å²) >= 11 is 0. The van der Waals surface area contributed by atoms with Crippen molar-refractivity contribution in [3.63, 3.8) is 0 Å². The molecule has 19 heavy (non-hydrogen) atoms. The van der Waals surface area contributed by atoms with Crippen molar-refractivity contribution < 1.29 is 4.52 Å². The van der Waals surface area contributed by atoms with E-state index in [1.54, 1.807) is 12.2 Å². The van der Waals surface area contributed by atoms with Gasteiger partial charge in [0.25, 0.3) is 5.89 Å². The van der Waals surface area contributed by atoms with Gasteiger partial charge in [0, 0.05) is 11.1 Å². The molecule has 1 rings (SSSR count). The van der Waals surface area contributed by atoms with E-state index in [1.807, 2.05) is 50.3 Å². The van der Waals surface area contributed by atoms with Crippen LogP contribution in [0.3, 0.4) is 0 Å². The van der Waals surface area contributed by atoms with Crippen molar-refractivity contribution >= 4 is 11.1 Å². The summed E-state index contributed by atoms with van der Waals surface area (Å²) < 4.78 is 5.27. The molecule has 98 valence electrons. The summed E-state index contributed by atoms with van der Waals surface area (Å²) in [6.45, 7) is 11.2. The Balaban J connectivity index is 3.17. The van der Waals surface area contributed by atoms with Gasteiger partial charge in [0.05, 0.1) is 0 Å². The molecule has 0 aliphatic carbocycles. The molecule has 0 radical (unpaired) electrons. The molecule has 0 aliphatic rings. The van der Waals surface area contributed by atoms with Crippen molar-refractivity contribution in [1.82, 2.24) is 10.1 Å². The van der Waals surface area contributed by atoms with E-state index in [0.29, 0.717) is 11.7 Å². The van der Waals surface area contributed by atoms with Gasteiger partial charge in [0.1, 0.15) is 0 Å². The minimum absolute atomic E-state index is 0.465. The van der Waals surface area contributed by atoms with Crippen LogP contribution in [-0.2, 0) is 0 Å². The van der Waals surface area contributed by atoms with Crippen molar-refractivity contribution in [2.75, 3.05) is 0 Å². The molecule has 0 amide bonds. The number of rotatable bonds is 6. The Hall–Kier alpha value is -2.42. The summed E-state index contributed by atoms with van der Waals surface area (Å²) in [6, 6.07) is 0. The Morgan fingerprint density at radius 2 is 1.58 bits per heavy atom. The van der Waals surface area contributed by atoms with Gasteiger partial charge in [-0.05, 0) is 13.8 Å². The van der Waals surface area contributed by atoms with Crippen molar-refractivity contribution in [1.29, 1.82) is 0 Å². The lowest BCUT2D eigenvalue weighted by atomic mass is 10.2. The number of hydrogen-bond acceptors (Lipinski definition) is 3. The first kappa shape index (κ1) is 14.6. The molecule has 0 fully saturated rings. The molecular weight excluding hydrogens is 236 g/mol. The number of aromatic nitrogens is 2. The van der Waals surface area contributed by atoms with Crippen LogP contribution in [0.25, 0.3) is 11.1 Å². The van der Waals surface area contributed by atoms with E-state index in [9.17, 15) is 0 Å². The summed E-state index contributed by atoms with van der Waals surface area (Å²) in [5, 5.41) is 3.98. The smallest absolute Gasteiger partial charge is 0.258 e. The molecule has 0 aliphatic heterocycles. The average Bonchev–Trinajstić information content (AvgIpc) is 2.87. The zero-order valence-corrected chi connectivity index (χ0v) is 11.3. The second-order valence-corrected chi connectivity index (χ2v) is 3.64. The third-order valence-corrected chi connectivity index (χ3v) is 2.22. The van der Waals surface area contributed by atoms with Crippen LogP contribution in [0.4, 0.5) is 0 Å². The summed E-state index contributed by atoms with van der Waals surface area (Å²) in [5.74, 6) is 1.000. The average molecular weight is 254 g/mol. The first-order valence-electron chi connectivity index (χ1n) is 6.02. The molecule has 1 aromatic heterocycles. The second-order valence-electron chi connectivity index (χ2n) is 3.64. The maximum Gasteiger partial charge on any atom is 0.258 e. The molecule has 3 nitrogen and oxygen atoms in total. The van der Waals surface area contributed by atoms with E-state index in [-0.39, 0.29) is 0 Å². The minimum atomic E-state index is 0.465. The van der Waals surface area contributed by atoms with Gasteiger partial charge in [-0.25, -0.2) is 0 Å². The summed E-state index contributed by atoms with van der Waals surface area (Å²) in [7, 11) is 0. The van der Waals surface area contributed by atoms with Crippen LogP contribution in [-0.4, -0.2) is 10.1 Å². The van der Waals surface area contributed by atoms with E-state index < -0.39 is 0 Å². The Labute approximate surface area is 114 Å². The highest BCUT2D eigenvalue weighted by atomic mass is 16.5. The second kappa shape index (κ2) is 7.82. The van der Waals surface area contributed by atoms with Gasteiger partial charge < -0.3 is 4.52 Å². The zero-order valence-electron chi connectivity index (χ0n) is 11.3. The molecule has 3 heteroatoms. The minimum Gasteiger partial charge on any atom is -0.334 e. The molecule has 0 aromatic carbocycles. The van der Waals surface area contributed by atoms with Crippen LogP contribution >= 0.6 is 0 Å². The summed E-state index contributed by atoms with van der Waals surface area (Å²) in [4.78, 5) is 4.37. The van der Waals surface area contributed by atoms with Gasteiger partial charge >= 0.3 is 0 Å². The highest BCUT2D eigenvalue weighted by molar-refractivity contribution is 5.73. The molecular formula is C16H18N2O. The van der Waals surface area contributed by atoms with E-state index >= 15 is 0 Å². The van der Waals surface area contributed by atoms with Gasteiger partial charge in [-0.3, -0.25) is 0 Å². The maximum absolute atomic E-state index is 5.27. The highest BCUT2D eigenvalue weighted by Crippen LogP contribution is 2.18. The standard InChI is InChI=1S/C16H18N2O/c1-5-9-13(10-6-2)15-17-16(19-18-15)14(11-7-3)12-8-4/h5-12H,1,3H2,2,4H3/b10-6-,12-8-,13-9+,14-11+. The highest BCUT2D eigenvalue weighted by Gasteiger charge is 2.10. The van der Waals surface area contributed by atoms with Crippen molar-refractivity contribution in [3.05, 3.63) is 73.5 Å². The zero-order chi connectivity index (χ0) is 14.1. The summed E-state index contributed by atoms with van der Waals surface area (Å²) in [6.07, 6.45) is 14.7. The predicted octanol–water partition coefficient (Wildman–Crippen LogP) is 4.36. The molecule has 1 heterocycles. The molecule has 0 atom stereocenters. The van der Waals surface area contributed by atoms with Crippen LogP contribution in [0.15, 0.2) is 66.3 Å². The lowest BCUT2D eigenvalue weighted by Crippen LogP contribution is -1.86. The van der Waals surface area contributed by atoms with E-state index in [1.165, 1.54) is 0 Å². The largest absolute Gasteiger partial charge is 0.334 e. The SMILES string of the molecule is C=C/C=C(\C=C/C)c1noc(C(/C=C\C)=C/C=C)n1. The monoisotopic (exact) mass is 254 g/mol. The van der Waals surface area contributed by atoms with Crippen LogP contribution in [0.1, 0.15) is 25.6 Å². The Bertz CT molecular complexity index is 509. The van der Waals surface area contributed by atoms with Gasteiger partial charge in [-0.1, -0.05) is 66.9 Å². The number of nitrogens with zero attached hydrogens (tertiary/aromatic N) is 2. The Morgan fingerprint density at radius 1 is 1.00 bits per heavy atom. The molecule has 0 bridgehead atoms. The molecule has 0 spiro atoms. The maximum atomic E-state index is 5.27. The topological polar surface area (TPSA) is 38.9 Å². The molecule has 0 saturated heterocycles. The van der Waals surface area contributed by atoms with Crippen LogP contribution < -0.4 is 0 Å². The van der Waals surface area contributed by atoms with E-state index in [4.69, 9.17) is 4.52 Å². The fourth-order valence-corrected chi connectivity index (χ4v) is 1.47. The quantitative estimate of drug-likeness (QED) is 0.708. The normalized spacial score (nSPS) is 13.4. The predicted molar refractivity (Wildman–Crippen MR) is 80.3 cm³/mol. The van der Waals surface area contributed by atoms with Crippen LogP contribution in [0.5, 0.6) is 0 Å². The van der Waals surface area contributed by atoms with Gasteiger partial charge in [0.15, 0.2) is 0 Å². The van der Waals surface area contributed by atoms with E-state index in [0.717, 1.165) is 11.1 Å². The lowest BCUT2D eigenvalue weighted by molar-refractivity contribution is 0.406. The Morgan fingerprint density at radius 3 is 2.16 bits per heavy atom. The first-order valence-corrected chi connectivity index (χ1v) is 6.02. The van der Waals surface area contributed by atoms with Gasteiger partial charge in [0.2, 0.25) is 5.82 Å². The molecule has 0 unspecified atom stereocenters. The van der Waals surface area contributed by atoms with Gasteiger partial charge in [-0.2, -0.15) is 4.98 Å². The van der Waals surface area contributed by atoms with E-state index in [2.05, 4.69) is 23.3 Å². The first-order chi connectivity index (χ1) is 9.26.